The lowest BCUT2D eigenvalue weighted by atomic mass is 9.69. The fourth-order valence-electron chi connectivity index (χ4n) is 3.98. The molecule has 1 saturated carbocycles. The summed E-state index contributed by atoms with van der Waals surface area (Å²) in [7, 11) is 0. The maximum absolute atomic E-state index is 10.0. The van der Waals surface area contributed by atoms with Crippen LogP contribution in [0.15, 0.2) is 73.3 Å². The highest BCUT2D eigenvalue weighted by Crippen LogP contribution is 2.45. The Morgan fingerprint density at radius 2 is 1.59 bits per heavy atom. The van der Waals surface area contributed by atoms with Crippen molar-refractivity contribution in [3.63, 3.8) is 0 Å². The Labute approximate surface area is 174 Å². The molecule has 29 heavy (non-hydrogen) atoms. The molecule has 0 spiro atoms. The molecule has 1 fully saturated rings. The molecule has 2 aromatic heterocycles. The lowest BCUT2D eigenvalue weighted by molar-refractivity contribution is -0.0313. The Morgan fingerprint density at radius 1 is 0.897 bits per heavy atom. The van der Waals surface area contributed by atoms with Crippen molar-refractivity contribution in [3.8, 4) is 32.3 Å². The Balaban J connectivity index is 1.54. The highest BCUT2D eigenvalue weighted by molar-refractivity contribution is 7.19. The summed E-state index contributed by atoms with van der Waals surface area (Å²) in [5, 5.41) is 10.9. The van der Waals surface area contributed by atoms with E-state index >= 15 is 0 Å². The van der Waals surface area contributed by atoms with Crippen molar-refractivity contribution in [1.82, 2.24) is 15.0 Å². The van der Waals surface area contributed by atoms with Crippen molar-refractivity contribution in [2.45, 2.75) is 31.3 Å². The molecule has 1 N–H and O–H groups in total. The van der Waals surface area contributed by atoms with Crippen molar-refractivity contribution >= 4 is 11.3 Å². The predicted molar refractivity (Wildman–Crippen MR) is 117 cm³/mol. The number of rotatable bonds is 4. The van der Waals surface area contributed by atoms with Crippen LogP contribution in [0.25, 0.3) is 32.3 Å². The van der Waals surface area contributed by atoms with Gasteiger partial charge in [-0.15, -0.1) is 11.3 Å². The van der Waals surface area contributed by atoms with E-state index in [2.05, 4.69) is 58.5 Å². The molecular formula is C24H21N3OS. The normalized spacial score (nSPS) is 21.0. The molecular weight excluding hydrogens is 378 g/mol. The topological polar surface area (TPSA) is 58.9 Å². The second kappa shape index (κ2) is 7.17. The van der Waals surface area contributed by atoms with Crippen molar-refractivity contribution in [1.29, 1.82) is 0 Å². The molecule has 2 aromatic carbocycles. The summed E-state index contributed by atoms with van der Waals surface area (Å²) in [6, 6.07) is 19.0. The smallest absolute Gasteiger partial charge is 0.127 e. The third-order valence-corrected chi connectivity index (χ3v) is 6.65. The van der Waals surface area contributed by atoms with Crippen LogP contribution in [0.1, 0.15) is 31.2 Å². The minimum atomic E-state index is -0.509. The fraction of sp³-hybridized carbons (Fsp3) is 0.208. The van der Waals surface area contributed by atoms with Crippen LogP contribution in [0.3, 0.4) is 0 Å². The predicted octanol–water partition coefficient (Wildman–Crippen LogP) is 5.56. The number of hydrogen-bond donors (Lipinski definition) is 1. The van der Waals surface area contributed by atoms with Gasteiger partial charge in [-0.25, -0.2) is 15.0 Å². The van der Waals surface area contributed by atoms with E-state index in [4.69, 9.17) is 4.98 Å². The highest BCUT2D eigenvalue weighted by atomic mass is 32.1. The lowest BCUT2D eigenvalue weighted by Gasteiger charge is -2.41. The molecule has 5 heteroatoms. The van der Waals surface area contributed by atoms with Crippen molar-refractivity contribution < 1.29 is 5.11 Å². The van der Waals surface area contributed by atoms with Crippen LogP contribution in [0.2, 0.25) is 0 Å². The van der Waals surface area contributed by atoms with Crippen molar-refractivity contribution in [2.24, 2.45) is 0 Å². The van der Waals surface area contributed by atoms with Gasteiger partial charge in [0.15, 0.2) is 0 Å². The zero-order valence-electron chi connectivity index (χ0n) is 16.1. The van der Waals surface area contributed by atoms with Gasteiger partial charge in [0, 0.05) is 23.5 Å². The molecule has 0 saturated heterocycles. The Morgan fingerprint density at radius 3 is 2.24 bits per heavy atom. The summed E-state index contributed by atoms with van der Waals surface area (Å²) in [6.07, 6.45) is 6.80. The molecule has 0 unspecified atom stereocenters. The van der Waals surface area contributed by atoms with E-state index in [1.165, 1.54) is 11.9 Å². The molecule has 144 valence electrons. The van der Waals surface area contributed by atoms with Gasteiger partial charge in [-0.05, 0) is 36.8 Å². The standard InChI is InChI=1S/C24H21N3OS/c1-24(28)11-19(12-24)16-7-9-17(10-8-16)21-22(18-5-3-2-4-6-18)29-23(27-21)20-13-25-15-26-14-20/h2-10,13-15,19,28H,11-12H2,1H3/t19-,24+. The molecule has 0 amide bonds. The number of hydrogen-bond acceptors (Lipinski definition) is 5. The quantitative estimate of drug-likeness (QED) is 0.488. The zero-order chi connectivity index (χ0) is 19.8. The monoisotopic (exact) mass is 399 g/mol. The first-order chi connectivity index (χ1) is 14.1. The summed E-state index contributed by atoms with van der Waals surface area (Å²) in [6.45, 7) is 1.91. The average Bonchev–Trinajstić information content (AvgIpc) is 3.19. The van der Waals surface area contributed by atoms with Gasteiger partial charge < -0.3 is 5.11 Å². The van der Waals surface area contributed by atoms with Gasteiger partial charge in [-0.3, -0.25) is 0 Å². The summed E-state index contributed by atoms with van der Waals surface area (Å²) >= 11 is 1.66. The molecule has 0 bridgehead atoms. The number of aliphatic hydroxyl groups is 1. The van der Waals surface area contributed by atoms with Crippen molar-refractivity contribution in [2.75, 3.05) is 0 Å². The number of aromatic nitrogens is 3. The van der Waals surface area contributed by atoms with Gasteiger partial charge in [0.2, 0.25) is 0 Å². The minimum Gasteiger partial charge on any atom is -0.390 e. The van der Waals surface area contributed by atoms with Gasteiger partial charge in [0.05, 0.1) is 16.2 Å². The maximum atomic E-state index is 10.0. The molecule has 1 aliphatic carbocycles. The van der Waals surface area contributed by atoms with E-state index in [-0.39, 0.29) is 0 Å². The molecule has 4 nitrogen and oxygen atoms in total. The molecule has 0 aliphatic heterocycles. The van der Waals surface area contributed by atoms with Gasteiger partial charge in [-0.2, -0.15) is 0 Å². The molecule has 0 radical (unpaired) electrons. The minimum absolute atomic E-state index is 0.445. The van der Waals surface area contributed by atoms with Gasteiger partial charge >= 0.3 is 0 Å². The third kappa shape index (κ3) is 3.59. The van der Waals surface area contributed by atoms with Crippen LogP contribution in [0.5, 0.6) is 0 Å². The van der Waals surface area contributed by atoms with Crippen LogP contribution in [-0.4, -0.2) is 25.7 Å². The number of nitrogens with zero attached hydrogens (tertiary/aromatic N) is 3. The lowest BCUT2D eigenvalue weighted by Crippen LogP contribution is -2.39. The van der Waals surface area contributed by atoms with E-state index in [1.54, 1.807) is 23.7 Å². The Hall–Kier alpha value is -2.89. The first kappa shape index (κ1) is 18.2. The van der Waals surface area contributed by atoms with E-state index < -0.39 is 5.60 Å². The van der Waals surface area contributed by atoms with E-state index in [0.29, 0.717) is 5.92 Å². The summed E-state index contributed by atoms with van der Waals surface area (Å²) in [5.74, 6) is 0.445. The summed E-state index contributed by atoms with van der Waals surface area (Å²) in [4.78, 5) is 14.4. The zero-order valence-corrected chi connectivity index (χ0v) is 16.9. The summed E-state index contributed by atoms with van der Waals surface area (Å²) < 4.78 is 0. The van der Waals surface area contributed by atoms with Gasteiger partial charge in [-0.1, -0.05) is 54.6 Å². The number of thiazole rings is 1. The molecule has 2 heterocycles. The van der Waals surface area contributed by atoms with Gasteiger partial charge in [0.1, 0.15) is 11.3 Å². The number of benzene rings is 2. The van der Waals surface area contributed by atoms with Gasteiger partial charge in [0.25, 0.3) is 0 Å². The molecule has 1 aliphatic rings. The molecule has 0 atom stereocenters. The SMILES string of the molecule is C[C@]1(O)C[C@@H](c2ccc(-c3nc(-c4cncnc4)sc3-c3ccccc3)cc2)C1. The van der Waals surface area contributed by atoms with Crippen LogP contribution in [-0.2, 0) is 0 Å². The van der Waals surface area contributed by atoms with Crippen LogP contribution < -0.4 is 0 Å². The largest absolute Gasteiger partial charge is 0.390 e. The van der Waals surface area contributed by atoms with E-state index in [1.807, 2.05) is 13.0 Å². The second-order valence-corrected chi connectivity index (χ2v) is 8.91. The first-order valence-corrected chi connectivity index (χ1v) is 10.6. The average molecular weight is 400 g/mol. The van der Waals surface area contributed by atoms with Crippen LogP contribution in [0, 0.1) is 0 Å². The molecule has 5 rings (SSSR count). The summed E-state index contributed by atoms with van der Waals surface area (Å²) in [5.41, 5.74) is 4.93. The van der Waals surface area contributed by atoms with Crippen molar-refractivity contribution in [3.05, 3.63) is 78.9 Å². The fourth-order valence-corrected chi connectivity index (χ4v) is 5.05. The Bertz CT molecular complexity index is 1110. The third-order valence-electron chi connectivity index (χ3n) is 5.50. The first-order valence-electron chi connectivity index (χ1n) is 9.73. The Kier molecular flexibility index (Phi) is 4.49. The highest BCUT2D eigenvalue weighted by Gasteiger charge is 2.38. The van der Waals surface area contributed by atoms with Crippen LogP contribution in [0.4, 0.5) is 0 Å². The second-order valence-electron chi connectivity index (χ2n) is 7.91. The van der Waals surface area contributed by atoms with Crippen LogP contribution >= 0.6 is 11.3 Å². The molecule has 4 aromatic rings. The maximum Gasteiger partial charge on any atom is 0.127 e. The van der Waals surface area contributed by atoms with E-state index in [9.17, 15) is 5.11 Å². The van der Waals surface area contributed by atoms with E-state index in [0.717, 1.165) is 45.1 Å².